The highest BCUT2D eigenvalue weighted by molar-refractivity contribution is 5.88. The molecule has 1 aromatic rings. The fraction of sp³-hybridized carbons (Fsp3) is 0.529. The molecule has 0 unspecified atom stereocenters. The van der Waals surface area contributed by atoms with E-state index in [1.807, 2.05) is 0 Å². The predicted molar refractivity (Wildman–Crippen MR) is 81.7 cm³/mol. The van der Waals surface area contributed by atoms with E-state index in [0.29, 0.717) is 0 Å². The monoisotopic (exact) mass is 397 g/mol. The van der Waals surface area contributed by atoms with Gasteiger partial charge < -0.3 is 10.0 Å². The normalized spacial score (nSPS) is 21.4. The Labute approximate surface area is 150 Å². The number of amides is 1. The number of hydrogen-bond donors (Lipinski definition) is 1. The van der Waals surface area contributed by atoms with E-state index in [0.717, 1.165) is 23.1 Å². The number of carboxylic acids is 1. The molecular formula is C17H17F6NO3. The maximum Gasteiger partial charge on any atom is 0.416 e. The molecule has 0 aromatic heterocycles. The van der Waals surface area contributed by atoms with Crippen molar-refractivity contribution >= 4 is 11.9 Å². The number of rotatable bonds is 3. The van der Waals surface area contributed by atoms with Gasteiger partial charge in [-0.25, -0.2) is 0 Å². The van der Waals surface area contributed by atoms with Crippen LogP contribution in [0.3, 0.4) is 0 Å². The maximum absolute atomic E-state index is 13.1. The van der Waals surface area contributed by atoms with Crippen LogP contribution in [0.4, 0.5) is 26.3 Å². The molecule has 4 nitrogen and oxygen atoms in total. The molecule has 0 radical (unpaired) electrons. The number of benzene rings is 1. The number of likely N-dealkylation sites (tertiary alicyclic amines) is 1. The molecular weight excluding hydrogens is 380 g/mol. The molecule has 1 heterocycles. The summed E-state index contributed by atoms with van der Waals surface area (Å²) in [5, 5.41) is 9.03. The molecule has 1 saturated heterocycles. The first-order chi connectivity index (χ1) is 12.2. The van der Waals surface area contributed by atoms with Crippen LogP contribution in [0.2, 0.25) is 0 Å². The second-order valence-corrected chi connectivity index (χ2v) is 7.01. The molecule has 2 rings (SSSR count). The Balaban J connectivity index is 2.32. The molecule has 1 aromatic carbocycles. The first-order valence-electron chi connectivity index (χ1n) is 7.92. The standard InChI is InChI=1S/C17H17F6NO3/c1-15(2,9-4-3-5-10(6-9)16(18,19)20)14(27)24-7-11(13(25)26)12(8-24)17(21,22)23/h3-6,11-12H,7-8H2,1-2H3,(H,25,26)/t11-,12-/m1/s1. The van der Waals surface area contributed by atoms with Crippen LogP contribution in [0.15, 0.2) is 24.3 Å². The van der Waals surface area contributed by atoms with Crippen LogP contribution in [0, 0.1) is 11.8 Å². The molecule has 1 N–H and O–H groups in total. The van der Waals surface area contributed by atoms with Gasteiger partial charge >= 0.3 is 18.3 Å². The number of halogens is 6. The molecule has 0 bridgehead atoms. The van der Waals surface area contributed by atoms with Crippen molar-refractivity contribution in [2.45, 2.75) is 31.6 Å². The minimum Gasteiger partial charge on any atom is -0.481 e. The Hall–Kier alpha value is -2.26. The van der Waals surface area contributed by atoms with Gasteiger partial charge in [0.05, 0.1) is 22.8 Å². The van der Waals surface area contributed by atoms with Crippen molar-refractivity contribution in [2.75, 3.05) is 13.1 Å². The number of carbonyl (C=O) groups excluding carboxylic acids is 1. The minimum absolute atomic E-state index is 0.0235. The van der Waals surface area contributed by atoms with Crippen molar-refractivity contribution < 1.29 is 41.0 Å². The minimum atomic E-state index is -4.81. The predicted octanol–water partition coefficient (Wildman–Crippen LogP) is 3.70. The van der Waals surface area contributed by atoms with Crippen LogP contribution < -0.4 is 0 Å². The van der Waals surface area contributed by atoms with E-state index in [9.17, 15) is 35.9 Å². The zero-order valence-electron chi connectivity index (χ0n) is 14.4. The average Bonchev–Trinajstić information content (AvgIpc) is 2.99. The highest BCUT2D eigenvalue weighted by Crippen LogP contribution is 2.40. The Morgan fingerprint density at radius 3 is 2.04 bits per heavy atom. The number of carboxylic acid groups (broad SMARTS) is 1. The smallest absolute Gasteiger partial charge is 0.416 e. The first kappa shape index (κ1) is 21.0. The molecule has 150 valence electrons. The zero-order valence-corrected chi connectivity index (χ0v) is 14.4. The fourth-order valence-corrected chi connectivity index (χ4v) is 3.15. The lowest BCUT2D eigenvalue weighted by Gasteiger charge is -2.30. The molecule has 1 aliphatic heterocycles. The van der Waals surface area contributed by atoms with Gasteiger partial charge in [0.25, 0.3) is 0 Å². The summed E-state index contributed by atoms with van der Waals surface area (Å²) in [7, 11) is 0. The Morgan fingerprint density at radius 2 is 1.59 bits per heavy atom. The third-order valence-corrected chi connectivity index (χ3v) is 4.79. The van der Waals surface area contributed by atoms with E-state index in [-0.39, 0.29) is 5.56 Å². The van der Waals surface area contributed by atoms with Gasteiger partial charge in [-0.1, -0.05) is 18.2 Å². The fourth-order valence-electron chi connectivity index (χ4n) is 3.15. The molecule has 0 spiro atoms. The second-order valence-electron chi connectivity index (χ2n) is 7.01. The maximum atomic E-state index is 13.1. The summed E-state index contributed by atoms with van der Waals surface area (Å²) in [5.74, 6) is -6.58. The summed E-state index contributed by atoms with van der Waals surface area (Å²) in [4.78, 5) is 24.7. The van der Waals surface area contributed by atoms with Gasteiger partial charge in [0.2, 0.25) is 5.91 Å². The van der Waals surface area contributed by atoms with E-state index < -0.39 is 60.1 Å². The Bertz CT molecular complexity index is 741. The van der Waals surface area contributed by atoms with Crippen LogP contribution in [-0.4, -0.2) is 41.1 Å². The summed E-state index contributed by atoms with van der Waals surface area (Å²) in [6.07, 6.45) is -9.45. The quantitative estimate of drug-likeness (QED) is 0.792. The van der Waals surface area contributed by atoms with Gasteiger partial charge in [-0.3, -0.25) is 9.59 Å². The van der Waals surface area contributed by atoms with Crippen LogP contribution >= 0.6 is 0 Å². The molecule has 10 heteroatoms. The summed E-state index contributed by atoms with van der Waals surface area (Å²) < 4.78 is 77.9. The van der Waals surface area contributed by atoms with E-state index in [2.05, 4.69) is 0 Å². The lowest BCUT2D eigenvalue weighted by atomic mass is 9.82. The lowest BCUT2D eigenvalue weighted by molar-refractivity contribution is -0.188. The molecule has 1 fully saturated rings. The van der Waals surface area contributed by atoms with Gasteiger partial charge in [0.1, 0.15) is 0 Å². The van der Waals surface area contributed by atoms with E-state index in [4.69, 9.17) is 5.11 Å². The van der Waals surface area contributed by atoms with Crippen molar-refractivity contribution in [1.29, 1.82) is 0 Å². The molecule has 0 aliphatic carbocycles. The third kappa shape index (κ3) is 4.19. The van der Waals surface area contributed by atoms with Crippen molar-refractivity contribution in [1.82, 2.24) is 4.90 Å². The summed E-state index contributed by atoms with van der Waals surface area (Å²) in [5.41, 5.74) is -2.58. The van der Waals surface area contributed by atoms with Crippen molar-refractivity contribution in [3.05, 3.63) is 35.4 Å². The Kier molecular flexibility index (Phi) is 5.24. The van der Waals surface area contributed by atoms with Crippen LogP contribution in [0.5, 0.6) is 0 Å². The highest BCUT2D eigenvalue weighted by atomic mass is 19.4. The number of carbonyl (C=O) groups is 2. The second kappa shape index (κ2) is 6.72. The number of aliphatic carboxylic acids is 1. The van der Waals surface area contributed by atoms with Crippen molar-refractivity contribution in [3.63, 3.8) is 0 Å². The van der Waals surface area contributed by atoms with Crippen LogP contribution in [-0.2, 0) is 21.2 Å². The Morgan fingerprint density at radius 1 is 1.04 bits per heavy atom. The largest absolute Gasteiger partial charge is 0.481 e. The number of alkyl halides is 6. The molecule has 0 saturated carbocycles. The molecule has 2 atom stereocenters. The van der Waals surface area contributed by atoms with Crippen molar-refractivity contribution in [2.24, 2.45) is 11.8 Å². The van der Waals surface area contributed by atoms with Gasteiger partial charge in [-0.15, -0.1) is 0 Å². The topological polar surface area (TPSA) is 57.6 Å². The van der Waals surface area contributed by atoms with Gasteiger partial charge in [0, 0.05) is 13.1 Å². The zero-order chi connectivity index (χ0) is 20.8. The van der Waals surface area contributed by atoms with E-state index in [1.165, 1.54) is 19.9 Å². The first-order valence-corrected chi connectivity index (χ1v) is 7.92. The molecule has 1 amide bonds. The third-order valence-electron chi connectivity index (χ3n) is 4.79. The van der Waals surface area contributed by atoms with E-state index in [1.54, 1.807) is 0 Å². The molecule has 1 aliphatic rings. The van der Waals surface area contributed by atoms with Crippen molar-refractivity contribution in [3.8, 4) is 0 Å². The van der Waals surface area contributed by atoms with Gasteiger partial charge in [0.15, 0.2) is 0 Å². The van der Waals surface area contributed by atoms with Crippen LogP contribution in [0.1, 0.15) is 25.0 Å². The highest BCUT2D eigenvalue weighted by Gasteiger charge is 2.54. The number of hydrogen-bond acceptors (Lipinski definition) is 2. The summed E-state index contributed by atoms with van der Waals surface area (Å²) in [6, 6.07) is 3.97. The van der Waals surface area contributed by atoms with Gasteiger partial charge in [-0.2, -0.15) is 26.3 Å². The van der Waals surface area contributed by atoms with E-state index >= 15 is 0 Å². The summed E-state index contributed by atoms with van der Waals surface area (Å²) in [6.45, 7) is 1.09. The summed E-state index contributed by atoms with van der Waals surface area (Å²) >= 11 is 0. The van der Waals surface area contributed by atoms with Crippen LogP contribution in [0.25, 0.3) is 0 Å². The lowest BCUT2D eigenvalue weighted by Crippen LogP contribution is -2.43. The SMILES string of the molecule is CC(C)(C(=O)N1C[C@@H](C(F)(F)F)[C@H](C(=O)O)C1)c1cccc(C(F)(F)F)c1. The average molecular weight is 397 g/mol. The van der Waals surface area contributed by atoms with Gasteiger partial charge in [-0.05, 0) is 25.5 Å². The molecule has 27 heavy (non-hydrogen) atoms. The number of nitrogens with zero attached hydrogens (tertiary/aromatic N) is 1.